The molecular formula is C9H10N6. The summed E-state index contributed by atoms with van der Waals surface area (Å²) in [5.74, 6) is 0.615. The van der Waals surface area contributed by atoms with Gasteiger partial charge >= 0.3 is 0 Å². The zero-order valence-corrected chi connectivity index (χ0v) is 7.91. The molecule has 0 atom stereocenters. The van der Waals surface area contributed by atoms with E-state index in [0.29, 0.717) is 5.95 Å². The maximum Gasteiger partial charge on any atom is 0.240 e. The Morgan fingerprint density at radius 2 is 1.33 bits per heavy atom. The van der Waals surface area contributed by atoms with E-state index in [2.05, 4.69) is 15.0 Å². The molecule has 0 saturated heterocycles. The number of nitrogens with two attached hydrogens (primary N) is 2. The average Bonchev–Trinajstić information content (AvgIpc) is 2.43. The molecule has 0 fully saturated rings. The number of hydrogen-bond donors (Lipinski definition) is 2. The van der Waals surface area contributed by atoms with Crippen LogP contribution in [0.15, 0.2) is 36.7 Å². The van der Waals surface area contributed by atoms with E-state index in [-0.39, 0.29) is 11.9 Å². The van der Waals surface area contributed by atoms with Crippen LogP contribution in [0.3, 0.4) is 0 Å². The quantitative estimate of drug-likeness (QED) is 0.686. The zero-order valence-electron chi connectivity index (χ0n) is 7.91. The predicted molar refractivity (Wildman–Crippen MR) is 58.6 cm³/mol. The summed E-state index contributed by atoms with van der Waals surface area (Å²) in [7, 11) is 0. The van der Waals surface area contributed by atoms with Gasteiger partial charge in [-0.3, -0.25) is 4.90 Å². The van der Waals surface area contributed by atoms with Crippen molar-refractivity contribution in [2.24, 2.45) is 0 Å². The number of nitrogens with zero attached hydrogens (tertiary/aromatic N) is 4. The Morgan fingerprint density at radius 1 is 0.800 bits per heavy atom. The van der Waals surface area contributed by atoms with E-state index < -0.39 is 0 Å². The van der Waals surface area contributed by atoms with Gasteiger partial charge in [0.05, 0.1) is 0 Å². The van der Waals surface area contributed by atoms with Crippen LogP contribution in [-0.4, -0.2) is 15.0 Å². The van der Waals surface area contributed by atoms with Gasteiger partial charge in [-0.05, 0) is 12.2 Å². The minimum Gasteiger partial charge on any atom is -0.368 e. The lowest BCUT2D eigenvalue weighted by Crippen LogP contribution is -2.14. The molecule has 2 rings (SSSR count). The first-order valence-electron chi connectivity index (χ1n) is 4.33. The standard InChI is InChI=1S/C9H10N6/c10-7-12-8(11)14-9(13-7)15-5-3-1-2-4-6-15/h1-6H,(H4,10,11,12,13,14). The predicted octanol–water partition coefficient (Wildman–Crippen LogP) is 0.440. The molecule has 1 aliphatic rings. The normalized spacial score (nSPS) is 14.3. The van der Waals surface area contributed by atoms with Crippen molar-refractivity contribution in [1.82, 2.24) is 15.0 Å². The number of allylic oxidation sites excluding steroid dienone is 4. The van der Waals surface area contributed by atoms with Crippen LogP contribution >= 0.6 is 0 Å². The fourth-order valence-electron chi connectivity index (χ4n) is 1.11. The lowest BCUT2D eigenvalue weighted by atomic mass is 10.5. The van der Waals surface area contributed by atoms with E-state index >= 15 is 0 Å². The zero-order chi connectivity index (χ0) is 10.7. The van der Waals surface area contributed by atoms with Crippen LogP contribution in [0.1, 0.15) is 0 Å². The van der Waals surface area contributed by atoms with Crippen LogP contribution < -0.4 is 16.4 Å². The number of aromatic nitrogens is 3. The van der Waals surface area contributed by atoms with Gasteiger partial charge in [0.1, 0.15) is 0 Å². The maximum absolute atomic E-state index is 5.47. The summed E-state index contributed by atoms with van der Waals surface area (Å²) in [4.78, 5) is 13.3. The fraction of sp³-hybridized carbons (Fsp3) is 0. The van der Waals surface area contributed by atoms with E-state index in [9.17, 15) is 0 Å². The largest absolute Gasteiger partial charge is 0.368 e. The molecule has 4 N–H and O–H groups in total. The molecule has 76 valence electrons. The first-order valence-corrected chi connectivity index (χ1v) is 4.33. The van der Waals surface area contributed by atoms with Gasteiger partial charge in [0.2, 0.25) is 17.8 Å². The molecule has 1 aliphatic heterocycles. The maximum atomic E-state index is 5.47. The minimum atomic E-state index is 0.108. The Bertz CT molecular complexity index is 412. The first-order chi connectivity index (χ1) is 7.25. The van der Waals surface area contributed by atoms with Crippen molar-refractivity contribution in [3.63, 3.8) is 0 Å². The van der Waals surface area contributed by atoms with Crippen LogP contribution in [0, 0.1) is 0 Å². The van der Waals surface area contributed by atoms with Gasteiger partial charge in [0, 0.05) is 12.4 Å². The highest BCUT2D eigenvalue weighted by Crippen LogP contribution is 2.12. The molecule has 6 heteroatoms. The average molecular weight is 202 g/mol. The van der Waals surface area contributed by atoms with Crippen molar-refractivity contribution >= 4 is 17.8 Å². The molecule has 0 radical (unpaired) electrons. The van der Waals surface area contributed by atoms with Crippen molar-refractivity contribution < 1.29 is 0 Å². The van der Waals surface area contributed by atoms with Gasteiger partial charge < -0.3 is 11.5 Å². The van der Waals surface area contributed by atoms with E-state index in [1.165, 1.54) is 0 Å². The highest BCUT2D eigenvalue weighted by molar-refractivity contribution is 5.46. The molecule has 0 unspecified atom stereocenters. The second-order valence-corrected chi connectivity index (χ2v) is 2.83. The smallest absolute Gasteiger partial charge is 0.240 e. The summed E-state index contributed by atoms with van der Waals surface area (Å²) in [5.41, 5.74) is 10.9. The van der Waals surface area contributed by atoms with Gasteiger partial charge in [-0.15, -0.1) is 0 Å². The summed E-state index contributed by atoms with van der Waals surface area (Å²) in [6, 6.07) is 0. The third-order valence-corrected chi connectivity index (χ3v) is 1.72. The van der Waals surface area contributed by atoms with Gasteiger partial charge in [0.15, 0.2) is 0 Å². The Hall–Kier alpha value is -2.37. The molecule has 1 aromatic rings. The minimum absolute atomic E-state index is 0.108. The van der Waals surface area contributed by atoms with E-state index in [4.69, 9.17) is 11.5 Å². The summed E-state index contributed by atoms with van der Waals surface area (Å²) < 4.78 is 0. The molecule has 15 heavy (non-hydrogen) atoms. The lowest BCUT2D eigenvalue weighted by molar-refractivity contribution is 1.03. The van der Waals surface area contributed by atoms with Crippen molar-refractivity contribution in [2.45, 2.75) is 0 Å². The van der Waals surface area contributed by atoms with Gasteiger partial charge in [-0.1, -0.05) is 12.2 Å². The topological polar surface area (TPSA) is 93.9 Å². The van der Waals surface area contributed by atoms with Crippen LogP contribution in [-0.2, 0) is 0 Å². The van der Waals surface area contributed by atoms with Crippen LogP contribution in [0.2, 0.25) is 0 Å². The number of hydrogen-bond acceptors (Lipinski definition) is 6. The highest BCUT2D eigenvalue weighted by atomic mass is 15.3. The van der Waals surface area contributed by atoms with E-state index in [0.717, 1.165) is 0 Å². The molecular weight excluding hydrogens is 192 g/mol. The fourth-order valence-corrected chi connectivity index (χ4v) is 1.11. The Labute approximate surface area is 86.6 Å². The molecule has 0 bridgehead atoms. The molecule has 0 spiro atoms. The van der Waals surface area contributed by atoms with Crippen LogP contribution in [0.25, 0.3) is 0 Å². The third kappa shape index (κ3) is 2.11. The molecule has 0 amide bonds. The van der Waals surface area contributed by atoms with Crippen molar-refractivity contribution in [2.75, 3.05) is 16.4 Å². The van der Waals surface area contributed by atoms with E-state index in [1.807, 2.05) is 24.3 Å². The summed E-state index contributed by atoms with van der Waals surface area (Å²) in [6.07, 6.45) is 11.1. The van der Waals surface area contributed by atoms with Crippen molar-refractivity contribution in [3.8, 4) is 0 Å². The summed E-state index contributed by atoms with van der Waals surface area (Å²) >= 11 is 0. The molecule has 0 saturated carbocycles. The second-order valence-electron chi connectivity index (χ2n) is 2.83. The molecule has 0 aromatic carbocycles. The molecule has 1 aromatic heterocycles. The number of nitrogen functional groups attached to an aromatic ring is 2. The third-order valence-electron chi connectivity index (χ3n) is 1.72. The van der Waals surface area contributed by atoms with Crippen LogP contribution in [0.4, 0.5) is 17.8 Å². The molecule has 2 heterocycles. The summed E-state index contributed by atoms with van der Waals surface area (Å²) in [5, 5.41) is 0. The van der Waals surface area contributed by atoms with Gasteiger partial charge in [0.25, 0.3) is 0 Å². The van der Waals surface area contributed by atoms with Crippen molar-refractivity contribution in [3.05, 3.63) is 36.7 Å². The number of anilines is 3. The SMILES string of the molecule is Nc1nc(N)nc(N2C=CC=CC=C2)n1. The Balaban J connectivity index is 2.36. The Kier molecular flexibility index (Phi) is 2.32. The second kappa shape index (κ2) is 3.79. The molecule has 0 aliphatic carbocycles. The molecule has 6 nitrogen and oxygen atoms in total. The first kappa shape index (κ1) is 9.20. The summed E-state index contributed by atoms with van der Waals surface area (Å²) in [6.45, 7) is 0. The highest BCUT2D eigenvalue weighted by Gasteiger charge is 2.06. The van der Waals surface area contributed by atoms with E-state index in [1.54, 1.807) is 17.3 Å². The number of rotatable bonds is 1. The lowest BCUT2D eigenvalue weighted by Gasteiger charge is -2.12. The van der Waals surface area contributed by atoms with Gasteiger partial charge in [-0.2, -0.15) is 15.0 Å². The Morgan fingerprint density at radius 3 is 1.87 bits per heavy atom. The monoisotopic (exact) mass is 202 g/mol. The van der Waals surface area contributed by atoms with Crippen molar-refractivity contribution in [1.29, 1.82) is 0 Å². The van der Waals surface area contributed by atoms with Crippen LogP contribution in [0.5, 0.6) is 0 Å². The van der Waals surface area contributed by atoms with Gasteiger partial charge in [-0.25, -0.2) is 0 Å².